The Morgan fingerprint density at radius 2 is 1.49 bits per heavy atom. The molecule has 0 bridgehead atoms. The third kappa shape index (κ3) is 15.8. The minimum atomic E-state index is -1.79. The fourth-order valence-corrected chi connectivity index (χ4v) is 7.89. The zero-order valence-electron chi connectivity index (χ0n) is 38.7. The number of nitrogens with zero attached hydrogens (tertiary/aromatic N) is 3. The summed E-state index contributed by atoms with van der Waals surface area (Å²) in [5.74, 6) is -11.7. The Labute approximate surface area is 396 Å². The van der Waals surface area contributed by atoms with Gasteiger partial charge >= 0.3 is 5.97 Å². The number of halogens is 2. The summed E-state index contributed by atoms with van der Waals surface area (Å²) in [6.07, 6.45) is 0.906. The van der Waals surface area contributed by atoms with Crippen molar-refractivity contribution in [2.75, 3.05) is 26.2 Å². The lowest BCUT2D eigenvalue weighted by Gasteiger charge is -2.41. The summed E-state index contributed by atoms with van der Waals surface area (Å²) in [5.41, 5.74) is 5.94. The maximum Gasteiger partial charge on any atom is 0.304 e. The van der Waals surface area contributed by atoms with E-state index in [4.69, 9.17) is 5.73 Å². The molecular formula is C48H57F2N7O12. The molecule has 69 heavy (non-hydrogen) atoms. The Hall–Kier alpha value is -7.42. The molecule has 19 nitrogen and oxygen atoms in total. The number of benzene rings is 2. The largest absolute Gasteiger partial charge is 0.481 e. The zero-order chi connectivity index (χ0) is 51.2. The van der Waals surface area contributed by atoms with E-state index in [1.54, 1.807) is 37.6 Å². The van der Waals surface area contributed by atoms with E-state index in [1.165, 1.54) is 4.90 Å². The number of carboxylic acids is 1. The molecule has 1 aliphatic heterocycles. The molecule has 2 aromatic carbocycles. The first-order valence-electron chi connectivity index (χ1n) is 22.0. The Bertz CT molecular complexity index is 2430. The van der Waals surface area contributed by atoms with Crippen LogP contribution >= 0.6 is 0 Å². The van der Waals surface area contributed by atoms with Gasteiger partial charge in [0.15, 0.2) is 5.78 Å². The Kier molecular flexibility index (Phi) is 19.3. The maximum absolute atomic E-state index is 15.3. The molecule has 0 fully saturated rings. The number of carboxylic acid groups (broad SMARTS) is 1. The summed E-state index contributed by atoms with van der Waals surface area (Å²) in [5, 5.41) is 27.1. The summed E-state index contributed by atoms with van der Waals surface area (Å²) >= 11 is 0. The average Bonchev–Trinajstić information content (AvgIpc) is 3.82. The number of hydrogen-bond donors (Lipinski definition) is 6. The molecule has 7 amide bonds. The van der Waals surface area contributed by atoms with Crippen molar-refractivity contribution in [1.29, 1.82) is 0 Å². The van der Waals surface area contributed by atoms with Gasteiger partial charge in [-0.1, -0.05) is 51.1 Å². The van der Waals surface area contributed by atoms with E-state index in [0.29, 0.717) is 5.69 Å². The molecule has 0 spiro atoms. The van der Waals surface area contributed by atoms with E-state index in [-0.39, 0.29) is 43.6 Å². The third-order valence-electron chi connectivity index (χ3n) is 11.1. The van der Waals surface area contributed by atoms with Gasteiger partial charge in [0.25, 0.3) is 11.8 Å². The van der Waals surface area contributed by atoms with Gasteiger partial charge in [-0.25, -0.2) is 8.78 Å². The number of hydrogen-bond acceptors (Lipinski definition) is 11. The first-order valence-corrected chi connectivity index (χ1v) is 22.0. The Morgan fingerprint density at radius 3 is 2.09 bits per heavy atom. The van der Waals surface area contributed by atoms with Crippen LogP contribution in [-0.2, 0) is 54.5 Å². The zero-order valence-corrected chi connectivity index (χ0v) is 38.7. The molecule has 0 aliphatic carbocycles. The van der Waals surface area contributed by atoms with Crippen LogP contribution in [0.1, 0.15) is 83.5 Å². The van der Waals surface area contributed by atoms with E-state index in [1.807, 2.05) is 30.3 Å². The van der Waals surface area contributed by atoms with Gasteiger partial charge in [0, 0.05) is 67.6 Å². The van der Waals surface area contributed by atoms with E-state index in [2.05, 4.69) is 16.0 Å². The molecule has 4 rings (SSSR count). The van der Waals surface area contributed by atoms with Gasteiger partial charge in [-0.3, -0.25) is 48.1 Å². The molecule has 1 aliphatic rings. The second kappa shape index (κ2) is 24.6. The van der Waals surface area contributed by atoms with E-state index < -0.39 is 139 Å². The molecule has 4 atom stereocenters. The van der Waals surface area contributed by atoms with Crippen LogP contribution in [0, 0.1) is 23.0 Å². The minimum Gasteiger partial charge on any atom is -0.481 e. The SMILES string of the molecule is CC(=O)C[C@H](CC(=O)O)C(=O)N[C@@H](CC(N)=O)C(=O)N[C@@H](CCN(C(=O)CO)[C@@H](c1cc(-c2cc(F)ccc2F)cn1Cc1ccccc1)C(C)(C)C)C(=O)NCCCC(=O)CN1C(=O)C=CC1=O. The molecule has 370 valence electrons. The van der Waals surface area contributed by atoms with Crippen molar-refractivity contribution in [3.63, 3.8) is 0 Å². The smallest absolute Gasteiger partial charge is 0.304 e. The molecule has 1 aromatic heterocycles. The van der Waals surface area contributed by atoms with Crippen LogP contribution in [0.2, 0.25) is 0 Å². The lowest BCUT2D eigenvalue weighted by Crippen LogP contribution is -2.56. The number of aliphatic carboxylic acids is 1. The van der Waals surface area contributed by atoms with Gasteiger partial charge in [-0.15, -0.1) is 0 Å². The maximum atomic E-state index is 15.3. The first-order chi connectivity index (χ1) is 32.5. The van der Waals surface area contributed by atoms with Crippen LogP contribution in [0.4, 0.5) is 8.78 Å². The highest BCUT2D eigenvalue weighted by molar-refractivity contribution is 6.14. The lowest BCUT2D eigenvalue weighted by atomic mass is 9.82. The Morgan fingerprint density at radius 1 is 0.841 bits per heavy atom. The number of aromatic nitrogens is 1. The van der Waals surface area contributed by atoms with Crippen molar-refractivity contribution >= 4 is 58.9 Å². The molecule has 0 saturated carbocycles. The number of ketones is 2. The van der Waals surface area contributed by atoms with Crippen LogP contribution in [0.3, 0.4) is 0 Å². The topological polar surface area (TPSA) is 285 Å². The van der Waals surface area contributed by atoms with Crippen molar-refractivity contribution in [2.45, 2.75) is 90.9 Å². The van der Waals surface area contributed by atoms with Crippen molar-refractivity contribution in [3.05, 3.63) is 95.8 Å². The number of carbonyl (C=O) groups excluding carboxylic acids is 9. The van der Waals surface area contributed by atoms with Gasteiger partial charge in [-0.2, -0.15) is 0 Å². The molecule has 21 heteroatoms. The summed E-state index contributed by atoms with van der Waals surface area (Å²) in [7, 11) is 0. The molecule has 3 aromatic rings. The number of nitrogens with two attached hydrogens (primary N) is 1. The Balaban J connectivity index is 1.71. The summed E-state index contributed by atoms with van der Waals surface area (Å²) < 4.78 is 31.6. The van der Waals surface area contributed by atoms with Crippen LogP contribution in [0.25, 0.3) is 11.1 Å². The second-order valence-corrected chi connectivity index (χ2v) is 17.7. The molecular weight excluding hydrogens is 905 g/mol. The van der Waals surface area contributed by atoms with Crippen LogP contribution in [-0.4, -0.2) is 122 Å². The average molecular weight is 962 g/mol. The van der Waals surface area contributed by atoms with E-state index in [0.717, 1.165) is 47.7 Å². The van der Waals surface area contributed by atoms with Crippen molar-refractivity contribution in [2.24, 2.45) is 17.1 Å². The monoisotopic (exact) mass is 961 g/mol. The lowest BCUT2D eigenvalue weighted by molar-refractivity contribution is -0.142. The van der Waals surface area contributed by atoms with Gasteiger partial charge in [-0.05, 0) is 55.0 Å². The summed E-state index contributed by atoms with van der Waals surface area (Å²) in [6, 6.07) is 9.32. The van der Waals surface area contributed by atoms with Gasteiger partial charge in [0.2, 0.25) is 29.5 Å². The predicted octanol–water partition coefficient (Wildman–Crippen LogP) is 2.09. The molecule has 0 unspecified atom stereocenters. The number of nitrogens with one attached hydrogen (secondary N) is 3. The fraction of sp³-hybridized carbons (Fsp3) is 0.417. The number of aliphatic hydroxyl groups is 1. The van der Waals surface area contributed by atoms with E-state index in [9.17, 15) is 62.5 Å². The highest BCUT2D eigenvalue weighted by atomic mass is 19.1. The molecule has 2 heterocycles. The van der Waals surface area contributed by atoms with Gasteiger partial charge in [0.1, 0.15) is 36.1 Å². The van der Waals surface area contributed by atoms with Crippen LogP contribution < -0.4 is 21.7 Å². The van der Waals surface area contributed by atoms with Crippen LogP contribution in [0.15, 0.2) is 72.9 Å². The van der Waals surface area contributed by atoms with Crippen molar-refractivity contribution in [3.8, 4) is 11.1 Å². The van der Waals surface area contributed by atoms with E-state index >= 15 is 4.39 Å². The van der Waals surface area contributed by atoms with Crippen molar-refractivity contribution < 1.29 is 66.9 Å². The molecule has 0 radical (unpaired) electrons. The first kappa shape index (κ1) is 54.2. The summed E-state index contributed by atoms with van der Waals surface area (Å²) in [6.45, 7) is 4.60. The number of amides is 7. The fourth-order valence-electron chi connectivity index (χ4n) is 7.89. The summed E-state index contributed by atoms with van der Waals surface area (Å²) in [4.78, 5) is 129. The molecule has 0 saturated heterocycles. The third-order valence-corrected chi connectivity index (χ3v) is 11.1. The predicted molar refractivity (Wildman–Crippen MR) is 243 cm³/mol. The number of primary amides is 1. The minimum absolute atomic E-state index is 0.00419. The normalized spacial score (nSPS) is 14.1. The standard InChI is InChI=1S/C48H57F2N7O12/c1-28(59)19-30(21-43(65)66)45(67)54-37(23-39(51)61)47(69)53-36(46(68)52-17-8-11-33(60)26-57-40(62)14-15-41(57)63)16-18-56(42(64)27-58)44(48(2,3)4)38-20-31(34-22-32(49)12-13-35(34)50)25-55(38)24-29-9-6-5-7-10-29/h5-7,9-10,12-15,20,22,25,30,36-37,44,58H,8,11,16-19,21,23-24,26-27H2,1-4H3,(H2,51,61)(H,52,68)(H,53,69)(H,54,67)(H,65,66)/t30-,36+,37+,44+/m1/s1. The highest BCUT2D eigenvalue weighted by Crippen LogP contribution is 2.41. The van der Waals surface area contributed by atoms with Crippen molar-refractivity contribution in [1.82, 2.24) is 30.3 Å². The molecule has 7 N–H and O–H groups in total. The van der Waals surface area contributed by atoms with Gasteiger partial charge < -0.3 is 46.2 Å². The second-order valence-electron chi connectivity index (χ2n) is 17.7. The number of carbonyl (C=O) groups is 10. The number of imide groups is 1. The highest BCUT2D eigenvalue weighted by Gasteiger charge is 2.39. The quantitative estimate of drug-likeness (QED) is 0.0499. The number of rotatable bonds is 26. The van der Waals surface area contributed by atoms with Gasteiger partial charge in [0.05, 0.1) is 31.3 Å². The number of aliphatic hydroxyl groups excluding tert-OH is 1. The number of Topliss-reactive ketones (excluding diaryl/α,β-unsaturated/α-hetero) is 2. The van der Waals surface area contributed by atoms with Crippen LogP contribution in [0.5, 0.6) is 0 Å².